The normalized spacial score (nSPS) is 15.4. The van der Waals surface area contributed by atoms with Crippen LogP contribution in [0.3, 0.4) is 0 Å². The van der Waals surface area contributed by atoms with Crippen LogP contribution in [0.25, 0.3) is 15.7 Å². The van der Waals surface area contributed by atoms with Gasteiger partial charge in [0.25, 0.3) is 0 Å². The molecule has 0 N–H and O–H groups in total. The van der Waals surface area contributed by atoms with Crippen molar-refractivity contribution >= 4 is 42.9 Å². The molecule has 0 aliphatic heterocycles. The predicted molar refractivity (Wildman–Crippen MR) is 75.9 cm³/mol. The molecule has 0 fully saturated rings. The van der Waals surface area contributed by atoms with Crippen LogP contribution in [0, 0.1) is 0 Å². The van der Waals surface area contributed by atoms with E-state index in [1.807, 2.05) is 11.3 Å². The second-order valence-electron chi connectivity index (χ2n) is 3.95. The van der Waals surface area contributed by atoms with E-state index in [1.54, 1.807) is 0 Å². The van der Waals surface area contributed by atoms with Crippen LogP contribution in [0.4, 0.5) is 0 Å². The van der Waals surface area contributed by atoms with E-state index in [2.05, 4.69) is 57.7 Å². The fraction of sp³-hybridized carbons (Fsp3) is 0.143. The molecule has 0 amide bonds. The first-order valence-electron chi connectivity index (χ1n) is 5.37. The van der Waals surface area contributed by atoms with Crippen LogP contribution >= 0.6 is 27.3 Å². The number of fused-ring (bicyclic) bond motifs is 1. The summed E-state index contributed by atoms with van der Waals surface area (Å²) in [6, 6.07) is 6.53. The Labute approximate surface area is 107 Å². The molecule has 0 unspecified atom stereocenters. The molecule has 1 aliphatic carbocycles. The Balaban J connectivity index is 2.17. The number of hydrogen-bond acceptors (Lipinski definition) is 1. The van der Waals surface area contributed by atoms with Crippen molar-refractivity contribution in [1.29, 1.82) is 0 Å². The average molecular weight is 291 g/mol. The number of benzene rings is 1. The summed E-state index contributed by atoms with van der Waals surface area (Å²) in [5.41, 5.74) is 2.88. The van der Waals surface area contributed by atoms with Crippen LogP contribution < -0.4 is 0 Å². The van der Waals surface area contributed by atoms with Crippen LogP contribution in [0.1, 0.15) is 18.4 Å². The number of halogens is 1. The van der Waals surface area contributed by atoms with E-state index in [0.717, 1.165) is 4.47 Å². The van der Waals surface area contributed by atoms with Crippen LogP contribution in [-0.2, 0) is 0 Å². The van der Waals surface area contributed by atoms with E-state index in [4.69, 9.17) is 0 Å². The van der Waals surface area contributed by atoms with Crippen molar-refractivity contribution in [3.05, 3.63) is 51.8 Å². The highest BCUT2D eigenvalue weighted by molar-refractivity contribution is 9.10. The molecule has 1 aliphatic rings. The Morgan fingerprint density at radius 2 is 2.19 bits per heavy atom. The Morgan fingerprint density at radius 3 is 3.00 bits per heavy atom. The summed E-state index contributed by atoms with van der Waals surface area (Å²) in [6.45, 7) is 0. The quantitative estimate of drug-likeness (QED) is 0.660. The summed E-state index contributed by atoms with van der Waals surface area (Å²) in [4.78, 5) is 0. The molecule has 0 radical (unpaired) electrons. The van der Waals surface area contributed by atoms with Crippen molar-refractivity contribution in [3.63, 3.8) is 0 Å². The highest BCUT2D eigenvalue weighted by Crippen LogP contribution is 2.35. The maximum atomic E-state index is 3.52. The van der Waals surface area contributed by atoms with Crippen molar-refractivity contribution in [3.8, 4) is 0 Å². The van der Waals surface area contributed by atoms with Gasteiger partial charge in [0.2, 0.25) is 0 Å². The number of rotatable bonds is 1. The van der Waals surface area contributed by atoms with E-state index < -0.39 is 0 Å². The van der Waals surface area contributed by atoms with Gasteiger partial charge in [-0.25, -0.2) is 0 Å². The molecule has 2 heteroatoms. The molecule has 0 nitrogen and oxygen atoms in total. The minimum absolute atomic E-state index is 1.16. The topological polar surface area (TPSA) is 0 Å². The Hall–Kier alpha value is -0.860. The first-order chi connectivity index (χ1) is 7.84. The standard InChI is InChI=1S/C14H11BrS/c15-11-6-7-12-13(9-16-14(12)8-11)10-4-2-1-3-5-10/h1-2,4,6-9H,3,5H2. The summed E-state index contributed by atoms with van der Waals surface area (Å²) in [6.07, 6.45) is 8.97. The molecular formula is C14H11BrS. The SMILES string of the molecule is Brc1ccc2c(C3=CC=CCC3)csc2c1. The fourth-order valence-electron chi connectivity index (χ4n) is 2.08. The van der Waals surface area contributed by atoms with Crippen molar-refractivity contribution in [2.45, 2.75) is 12.8 Å². The van der Waals surface area contributed by atoms with Crippen LogP contribution in [0.5, 0.6) is 0 Å². The Morgan fingerprint density at radius 1 is 1.25 bits per heavy atom. The molecule has 2 aromatic rings. The maximum absolute atomic E-state index is 3.52. The third-order valence-corrected chi connectivity index (χ3v) is 4.34. The first-order valence-corrected chi connectivity index (χ1v) is 7.05. The smallest absolute Gasteiger partial charge is 0.0360 e. The zero-order valence-corrected chi connectivity index (χ0v) is 11.1. The minimum Gasteiger partial charge on any atom is -0.143 e. The zero-order valence-electron chi connectivity index (χ0n) is 8.74. The highest BCUT2D eigenvalue weighted by atomic mass is 79.9. The molecule has 80 valence electrons. The van der Waals surface area contributed by atoms with Gasteiger partial charge in [-0.15, -0.1) is 11.3 Å². The van der Waals surface area contributed by atoms with Gasteiger partial charge in [0.1, 0.15) is 0 Å². The van der Waals surface area contributed by atoms with E-state index in [-0.39, 0.29) is 0 Å². The first kappa shape index (κ1) is 10.3. The van der Waals surface area contributed by atoms with Gasteiger partial charge in [-0.05, 0) is 41.5 Å². The largest absolute Gasteiger partial charge is 0.143 e. The van der Waals surface area contributed by atoms with Gasteiger partial charge >= 0.3 is 0 Å². The molecule has 0 saturated carbocycles. The maximum Gasteiger partial charge on any atom is 0.0360 e. The lowest BCUT2D eigenvalue weighted by Crippen LogP contribution is -1.85. The lowest BCUT2D eigenvalue weighted by Gasteiger charge is -2.07. The van der Waals surface area contributed by atoms with Gasteiger partial charge in [-0.3, -0.25) is 0 Å². The summed E-state index contributed by atoms with van der Waals surface area (Å²) in [5, 5.41) is 3.66. The molecule has 1 heterocycles. The lowest BCUT2D eigenvalue weighted by molar-refractivity contribution is 1.06. The molecule has 0 atom stereocenters. The third-order valence-electron chi connectivity index (χ3n) is 2.90. The summed E-state index contributed by atoms with van der Waals surface area (Å²) >= 11 is 5.35. The van der Waals surface area contributed by atoms with Gasteiger partial charge in [-0.2, -0.15) is 0 Å². The molecule has 1 aromatic heterocycles. The zero-order chi connectivity index (χ0) is 11.0. The summed E-state index contributed by atoms with van der Waals surface area (Å²) in [5.74, 6) is 0. The monoisotopic (exact) mass is 290 g/mol. The minimum atomic E-state index is 1.16. The molecule has 3 rings (SSSR count). The molecule has 0 spiro atoms. The number of allylic oxidation sites excluding steroid dienone is 4. The van der Waals surface area contributed by atoms with Gasteiger partial charge < -0.3 is 0 Å². The van der Waals surface area contributed by atoms with Gasteiger partial charge in [0.05, 0.1) is 0 Å². The molecule has 1 aromatic carbocycles. The summed E-state index contributed by atoms with van der Waals surface area (Å²) < 4.78 is 2.52. The van der Waals surface area contributed by atoms with Crippen LogP contribution in [0.2, 0.25) is 0 Å². The van der Waals surface area contributed by atoms with E-state index in [0.29, 0.717) is 0 Å². The second-order valence-corrected chi connectivity index (χ2v) is 5.78. The number of thiophene rings is 1. The third kappa shape index (κ3) is 1.76. The summed E-state index contributed by atoms with van der Waals surface area (Å²) in [7, 11) is 0. The molecular weight excluding hydrogens is 280 g/mol. The Bertz CT molecular complexity index is 590. The second kappa shape index (κ2) is 4.19. The van der Waals surface area contributed by atoms with E-state index >= 15 is 0 Å². The van der Waals surface area contributed by atoms with Crippen LogP contribution in [0.15, 0.2) is 46.3 Å². The predicted octanol–water partition coefficient (Wildman–Crippen LogP) is 5.40. The highest BCUT2D eigenvalue weighted by Gasteiger charge is 2.09. The molecule has 16 heavy (non-hydrogen) atoms. The fourth-order valence-corrected chi connectivity index (χ4v) is 3.61. The average Bonchev–Trinajstić information content (AvgIpc) is 2.73. The van der Waals surface area contributed by atoms with Gasteiger partial charge in [0, 0.05) is 14.6 Å². The van der Waals surface area contributed by atoms with Crippen molar-refractivity contribution in [2.24, 2.45) is 0 Å². The van der Waals surface area contributed by atoms with Crippen molar-refractivity contribution in [1.82, 2.24) is 0 Å². The Kier molecular flexibility index (Phi) is 2.70. The van der Waals surface area contributed by atoms with E-state index in [9.17, 15) is 0 Å². The van der Waals surface area contributed by atoms with Crippen molar-refractivity contribution < 1.29 is 0 Å². The molecule has 0 saturated heterocycles. The van der Waals surface area contributed by atoms with E-state index in [1.165, 1.54) is 34.1 Å². The van der Waals surface area contributed by atoms with Crippen molar-refractivity contribution in [2.75, 3.05) is 0 Å². The van der Waals surface area contributed by atoms with Gasteiger partial charge in [0.15, 0.2) is 0 Å². The lowest BCUT2D eigenvalue weighted by atomic mass is 9.97. The molecule has 0 bridgehead atoms. The number of hydrogen-bond donors (Lipinski definition) is 0. The van der Waals surface area contributed by atoms with Crippen LogP contribution in [-0.4, -0.2) is 0 Å². The van der Waals surface area contributed by atoms with Gasteiger partial charge in [-0.1, -0.05) is 40.2 Å².